The molecular weight excluding hydrogens is 449 g/mol. The van der Waals surface area contributed by atoms with Crippen molar-refractivity contribution in [3.63, 3.8) is 0 Å². The molecule has 1 aliphatic rings. The van der Waals surface area contributed by atoms with Crippen LogP contribution in [0.3, 0.4) is 0 Å². The number of fused-ring (bicyclic) bond motifs is 1. The fraction of sp³-hybridized carbons (Fsp3) is 0.259. The third kappa shape index (κ3) is 5.06. The van der Waals surface area contributed by atoms with E-state index in [4.69, 9.17) is 9.47 Å². The number of hydrogen-bond acceptors (Lipinski definition) is 4. The number of anilines is 1. The molecule has 3 aromatic rings. The van der Waals surface area contributed by atoms with E-state index in [0.29, 0.717) is 24.5 Å². The Morgan fingerprint density at radius 1 is 1.00 bits per heavy atom. The lowest BCUT2D eigenvalue weighted by atomic mass is 9.88. The average molecular weight is 478 g/mol. The van der Waals surface area contributed by atoms with Crippen LogP contribution in [0.5, 0.6) is 11.5 Å². The van der Waals surface area contributed by atoms with Crippen molar-refractivity contribution in [1.29, 1.82) is 0 Å². The first-order valence-corrected chi connectivity index (χ1v) is 11.3. The van der Waals surface area contributed by atoms with Gasteiger partial charge in [-0.2, -0.15) is 0 Å². The summed E-state index contributed by atoms with van der Waals surface area (Å²) in [5.74, 6) is 0.158. The first-order chi connectivity index (χ1) is 16.9. The molecule has 4 rings (SSSR count). The molecule has 0 saturated carbocycles. The van der Waals surface area contributed by atoms with Crippen molar-refractivity contribution in [3.05, 3.63) is 89.2 Å². The Hall–Kier alpha value is -4.07. The molecule has 8 heteroatoms. The predicted molar refractivity (Wildman–Crippen MR) is 131 cm³/mol. The summed E-state index contributed by atoms with van der Waals surface area (Å²) in [6.07, 6.45) is 0.613. The number of carbonyl (C=O) groups excluding carboxylic acids is 2. The van der Waals surface area contributed by atoms with E-state index in [1.165, 1.54) is 12.1 Å². The zero-order chi connectivity index (χ0) is 24.9. The smallest absolute Gasteiger partial charge is 0.318 e. The molecule has 182 valence electrons. The lowest BCUT2D eigenvalue weighted by Gasteiger charge is -2.38. The number of urea groups is 1. The summed E-state index contributed by atoms with van der Waals surface area (Å²) < 4.78 is 24.9. The number of amides is 3. The van der Waals surface area contributed by atoms with E-state index in [0.717, 1.165) is 16.7 Å². The van der Waals surface area contributed by atoms with Gasteiger partial charge in [-0.3, -0.25) is 4.79 Å². The molecule has 1 unspecified atom stereocenters. The molecule has 0 spiro atoms. The van der Waals surface area contributed by atoms with Crippen LogP contribution in [-0.4, -0.2) is 43.6 Å². The van der Waals surface area contributed by atoms with Crippen LogP contribution in [0.1, 0.15) is 29.7 Å². The molecule has 0 aliphatic carbocycles. The number of carbonyl (C=O) groups is 2. The minimum Gasteiger partial charge on any atom is -0.493 e. The van der Waals surface area contributed by atoms with Crippen LogP contribution in [-0.2, 0) is 11.2 Å². The molecule has 7 nitrogen and oxygen atoms in total. The van der Waals surface area contributed by atoms with Gasteiger partial charge in [-0.05, 0) is 54.3 Å². The summed E-state index contributed by atoms with van der Waals surface area (Å²) in [5, 5.41) is 5.29. The van der Waals surface area contributed by atoms with Gasteiger partial charge in [-0.25, -0.2) is 9.18 Å². The molecule has 1 aliphatic heterocycles. The Morgan fingerprint density at radius 3 is 2.34 bits per heavy atom. The van der Waals surface area contributed by atoms with Gasteiger partial charge < -0.3 is 25.0 Å². The van der Waals surface area contributed by atoms with Gasteiger partial charge in [-0.15, -0.1) is 0 Å². The Kier molecular flexibility index (Phi) is 7.19. The minimum atomic E-state index is -0.884. The summed E-state index contributed by atoms with van der Waals surface area (Å²) in [6, 6.07) is 17.8. The van der Waals surface area contributed by atoms with Crippen LogP contribution < -0.4 is 20.1 Å². The molecule has 0 fully saturated rings. The van der Waals surface area contributed by atoms with Crippen molar-refractivity contribution < 1.29 is 23.5 Å². The number of nitrogens with one attached hydrogen (secondary N) is 2. The first-order valence-electron chi connectivity index (χ1n) is 11.3. The molecule has 0 bridgehead atoms. The average Bonchev–Trinajstić information content (AvgIpc) is 2.88. The van der Waals surface area contributed by atoms with E-state index in [2.05, 4.69) is 10.6 Å². The van der Waals surface area contributed by atoms with Crippen LogP contribution in [0.15, 0.2) is 66.7 Å². The maximum absolute atomic E-state index is 13.9. The highest BCUT2D eigenvalue weighted by molar-refractivity contribution is 5.96. The van der Waals surface area contributed by atoms with Crippen molar-refractivity contribution in [2.45, 2.75) is 25.4 Å². The van der Waals surface area contributed by atoms with E-state index < -0.39 is 23.8 Å². The normalized spacial score (nSPS) is 15.5. The molecule has 2 atom stereocenters. The van der Waals surface area contributed by atoms with Crippen molar-refractivity contribution in [2.24, 2.45) is 0 Å². The van der Waals surface area contributed by atoms with E-state index in [1.54, 1.807) is 38.2 Å². The Labute approximate surface area is 203 Å². The van der Waals surface area contributed by atoms with Gasteiger partial charge >= 0.3 is 6.03 Å². The largest absolute Gasteiger partial charge is 0.493 e. The van der Waals surface area contributed by atoms with E-state index in [-0.39, 0.29) is 11.7 Å². The van der Waals surface area contributed by atoms with E-state index in [1.807, 2.05) is 42.5 Å². The fourth-order valence-corrected chi connectivity index (χ4v) is 4.30. The molecule has 0 radical (unpaired) electrons. The number of methoxy groups -OCH3 is 2. The number of hydrogen-bond donors (Lipinski definition) is 2. The van der Waals surface area contributed by atoms with Gasteiger partial charge in [0.1, 0.15) is 11.9 Å². The summed E-state index contributed by atoms with van der Waals surface area (Å²) in [4.78, 5) is 27.8. The van der Waals surface area contributed by atoms with Crippen LogP contribution in [0.2, 0.25) is 0 Å². The van der Waals surface area contributed by atoms with Crippen molar-refractivity contribution in [3.8, 4) is 11.5 Å². The SMILES string of the molecule is COc1cc2c(cc1OC)C(c1ccccc1)N(C(=O)N[C@H](C)C(=O)Nc1ccccc1F)CC2. The van der Waals surface area contributed by atoms with E-state index >= 15 is 0 Å². The molecule has 0 aromatic heterocycles. The second-order valence-electron chi connectivity index (χ2n) is 8.30. The molecule has 0 saturated heterocycles. The minimum absolute atomic E-state index is 0.0636. The van der Waals surface area contributed by atoms with Gasteiger partial charge in [0.05, 0.1) is 25.9 Å². The van der Waals surface area contributed by atoms with Gasteiger partial charge in [-0.1, -0.05) is 42.5 Å². The standard InChI is InChI=1S/C27H28FN3O4/c1-17(26(32)30-22-12-8-7-11-21(22)28)29-27(33)31-14-13-19-15-23(34-2)24(35-3)16-20(19)25(31)18-9-5-4-6-10-18/h4-12,15-17,25H,13-14H2,1-3H3,(H,29,33)(H,30,32)/t17-,25?/m1/s1. The van der Waals surface area contributed by atoms with Crippen LogP contribution in [0, 0.1) is 5.82 Å². The highest BCUT2D eigenvalue weighted by atomic mass is 19.1. The maximum atomic E-state index is 13.9. The maximum Gasteiger partial charge on any atom is 0.318 e. The third-order valence-electron chi connectivity index (χ3n) is 6.11. The molecular formula is C27H28FN3O4. The second-order valence-corrected chi connectivity index (χ2v) is 8.30. The van der Waals surface area contributed by atoms with Crippen molar-refractivity contribution in [1.82, 2.24) is 10.2 Å². The molecule has 3 amide bonds. The quantitative estimate of drug-likeness (QED) is 0.547. The number of benzene rings is 3. The Balaban J connectivity index is 1.60. The highest BCUT2D eigenvalue weighted by Crippen LogP contribution is 2.41. The summed E-state index contributed by atoms with van der Waals surface area (Å²) in [7, 11) is 3.17. The van der Waals surface area contributed by atoms with E-state index in [9.17, 15) is 14.0 Å². The highest BCUT2D eigenvalue weighted by Gasteiger charge is 2.34. The Morgan fingerprint density at radius 2 is 1.66 bits per heavy atom. The topological polar surface area (TPSA) is 79.9 Å². The number of rotatable bonds is 6. The first kappa shape index (κ1) is 24.1. The fourth-order valence-electron chi connectivity index (χ4n) is 4.30. The number of para-hydroxylation sites is 1. The van der Waals surface area contributed by atoms with Crippen LogP contribution in [0.25, 0.3) is 0 Å². The lowest BCUT2D eigenvalue weighted by molar-refractivity contribution is -0.117. The van der Waals surface area contributed by atoms with Crippen LogP contribution in [0.4, 0.5) is 14.9 Å². The molecule has 1 heterocycles. The summed E-state index contributed by atoms with van der Waals surface area (Å²) >= 11 is 0. The number of halogens is 1. The predicted octanol–water partition coefficient (Wildman–Crippen LogP) is 4.53. The lowest BCUT2D eigenvalue weighted by Crippen LogP contribution is -2.51. The number of ether oxygens (including phenoxy) is 2. The second kappa shape index (κ2) is 10.5. The van der Waals surface area contributed by atoms with Gasteiger partial charge in [0.15, 0.2) is 11.5 Å². The molecule has 3 aromatic carbocycles. The monoisotopic (exact) mass is 477 g/mol. The Bertz CT molecular complexity index is 1220. The zero-order valence-corrected chi connectivity index (χ0v) is 19.9. The zero-order valence-electron chi connectivity index (χ0n) is 19.9. The molecule has 2 N–H and O–H groups in total. The van der Waals surface area contributed by atoms with Crippen molar-refractivity contribution >= 4 is 17.6 Å². The van der Waals surface area contributed by atoms with Gasteiger partial charge in [0.2, 0.25) is 5.91 Å². The summed E-state index contributed by atoms with van der Waals surface area (Å²) in [5.41, 5.74) is 2.98. The van der Waals surface area contributed by atoms with Gasteiger partial charge in [0, 0.05) is 6.54 Å². The number of nitrogens with zero attached hydrogens (tertiary/aromatic N) is 1. The molecule has 35 heavy (non-hydrogen) atoms. The van der Waals surface area contributed by atoms with Crippen molar-refractivity contribution in [2.75, 3.05) is 26.1 Å². The van der Waals surface area contributed by atoms with Crippen LogP contribution >= 0.6 is 0 Å². The van der Waals surface area contributed by atoms with Gasteiger partial charge in [0.25, 0.3) is 0 Å². The third-order valence-corrected chi connectivity index (χ3v) is 6.11. The summed E-state index contributed by atoms with van der Waals surface area (Å²) in [6.45, 7) is 2.01.